The molecule has 1 aromatic heterocycles. The number of hydrogen-bond donors (Lipinski definition) is 3. The number of fused-ring (bicyclic) bond motifs is 2. The lowest BCUT2D eigenvalue weighted by atomic mass is 9.77. The van der Waals surface area contributed by atoms with Crippen LogP contribution in [0, 0.1) is 6.92 Å². The van der Waals surface area contributed by atoms with Crippen molar-refractivity contribution in [3.05, 3.63) is 47.3 Å². The smallest absolute Gasteiger partial charge is 0.235 e. The van der Waals surface area contributed by atoms with Crippen molar-refractivity contribution in [2.24, 2.45) is 0 Å². The lowest BCUT2D eigenvalue weighted by Gasteiger charge is -2.24. The van der Waals surface area contributed by atoms with Gasteiger partial charge in [-0.3, -0.25) is 9.78 Å². The molecule has 2 aliphatic rings. The molecule has 0 saturated carbocycles. The van der Waals surface area contributed by atoms with Crippen LogP contribution in [0.5, 0.6) is 0 Å². The highest BCUT2D eigenvalue weighted by molar-refractivity contribution is 6.07. The maximum absolute atomic E-state index is 12.5. The first kappa shape index (κ1) is 15.0. The second kappa shape index (κ2) is 5.23. The van der Waals surface area contributed by atoms with Crippen molar-refractivity contribution in [1.82, 2.24) is 4.98 Å². The van der Waals surface area contributed by atoms with Crippen molar-refractivity contribution in [1.29, 1.82) is 0 Å². The largest absolute Gasteiger partial charge is 0.360 e. The number of amides is 1. The van der Waals surface area contributed by atoms with Gasteiger partial charge in [0.05, 0.1) is 16.8 Å². The van der Waals surface area contributed by atoms with E-state index in [0.29, 0.717) is 0 Å². The van der Waals surface area contributed by atoms with Crippen molar-refractivity contribution in [3.63, 3.8) is 0 Å². The fourth-order valence-corrected chi connectivity index (χ4v) is 3.91. The monoisotopic (exact) mass is 322 g/mol. The normalized spacial score (nSPS) is 20.0. The Hall–Kier alpha value is -2.56. The molecule has 0 spiro atoms. The van der Waals surface area contributed by atoms with E-state index in [1.165, 1.54) is 0 Å². The number of benzene rings is 1. The molecule has 1 aromatic carbocycles. The van der Waals surface area contributed by atoms with Crippen LogP contribution in [0.25, 0.3) is 0 Å². The third-order valence-corrected chi connectivity index (χ3v) is 5.42. The summed E-state index contributed by atoms with van der Waals surface area (Å²) in [5.41, 5.74) is 5.86. The first-order chi connectivity index (χ1) is 11.6. The SMILES string of the molecule is CCC1(CC)C(=O)Nc2cc3c(cc21)NC(c1ccnc(C)c1)N3. The predicted octanol–water partition coefficient (Wildman–Crippen LogP) is 3.94. The quantitative estimate of drug-likeness (QED) is 0.801. The lowest BCUT2D eigenvalue weighted by Crippen LogP contribution is -2.32. The Kier molecular flexibility index (Phi) is 3.27. The summed E-state index contributed by atoms with van der Waals surface area (Å²) < 4.78 is 0. The van der Waals surface area contributed by atoms with Crippen molar-refractivity contribution in [2.75, 3.05) is 16.0 Å². The van der Waals surface area contributed by atoms with Crippen LogP contribution in [-0.4, -0.2) is 10.9 Å². The fourth-order valence-electron chi connectivity index (χ4n) is 3.91. The molecule has 5 heteroatoms. The average molecular weight is 322 g/mol. The van der Waals surface area contributed by atoms with Gasteiger partial charge in [0.2, 0.25) is 5.91 Å². The van der Waals surface area contributed by atoms with E-state index in [9.17, 15) is 4.79 Å². The second-order valence-electron chi connectivity index (χ2n) is 6.64. The summed E-state index contributed by atoms with van der Waals surface area (Å²) in [4.78, 5) is 16.8. The summed E-state index contributed by atoms with van der Waals surface area (Å²) in [6.07, 6.45) is 3.47. The molecule has 0 fully saturated rings. The summed E-state index contributed by atoms with van der Waals surface area (Å²) in [5, 5.41) is 10.1. The second-order valence-corrected chi connectivity index (χ2v) is 6.64. The Bertz CT molecular complexity index is 826. The van der Waals surface area contributed by atoms with Gasteiger partial charge in [0.1, 0.15) is 6.17 Å². The standard InChI is InChI=1S/C19H22N4O/c1-4-19(5-2)13-9-15-16(10-14(13)23-18(19)24)22-17(21-15)12-6-7-20-11(3)8-12/h6-10,17,21-22H,4-5H2,1-3H3,(H,23,24). The topological polar surface area (TPSA) is 66.0 Å². The van der Waals surface area contributed by atoms with Gasteiger partial charge in [-0.25, -0.2) is 0 Å². The summed E-state index contributed by atoms with van der Waals surface area (Å²) in [5.74, 6) is 0.118. The molecule has 0 saturated heterocycles. The van der Waals surface area contributed by atoms with Crippen molar-refractivity contribution in [3.8, 4) is 0 Å². The van der Waals surface area contributed by atoms with Crippen LogP contribution in [0.1, 0.15) is 49.7 Å². The van der Waals surface area contributed by atoms with Gasteiger partial charge in [0.25, 0.3) is 0 Å². The van der Waals surface area contributed by atoms with Crippen LogP contribution in [-0.2, 0) is 10.2 Å². The third kappa shape index (κ3) is 2.00. The number of pyridine rings is 1. The number of rotatable bonds is 3. The Labute approximate surface area is 141 Å². The van der Waals surface area contributed by atoms with Crippen molar-refractivity contribution < 1.29 is 4.79 Å². The molecular weight excluding hydrogens is 300 g/mol. The molecule has 0 aliphatic carbocycles. The van der Waals surface area contributed by atoms with Gasteiger partial charge in [-0.15, -0.1) is 0 Å². The van der Waals surface area contributed by atoms with E-state index in [-0.39, 0.29) is 12.1 Å². The summed E-state index contributed by atoms with van der Waals surface area (Å²) in [6, 6.07) is 8.28. The molecule has 2 aromatic rings. The minimum atomic E-state index is -0.405. The molecule has 3 heterocycles. The van der Waals surface area contributed by atoms with Crippen LogP contribution < -0.4 is 16.0 Å². The van der Waals surface area contributed by atoms with Crippen molar-refractivity contribution in [2.45, 2.75) is 45.2 Å². The van der Waals surface area contributed by atoms with E-state index in [0.717, 1.165) is 46.7 Å². The number of anilines is 3. The Morgan fingerprint density at radius 1 is 1.08 bits per heavy atom. The van der Waals surface area contributed by atoms with E-state index < -0.39 is 5.41 Å². The molecule has 3 N–H and O–H groups in total. The molecule has 5 nitrogen and oxygen atoms in total. The van der Waals surface area contributed by atoms with Gasteiger partial charge >= 0.3 is 0 Å². The molecule has 2 aliphatic heterocycles. The molecule has 0 radical (unpaired) electrons. The molecule has 1 amide bonds. The van der Waals surface area contributed by atoms with E-state index in [1.54, 1.807) is 0 Å². The maximum atomic E-state index is 12.5. The van der Waals surface area contributed by atoms with Crippen LogP contribution >= 0.6 is 0 Å². The van der Waals surface area contributed by atoms with E-state index in [1.807, 2.05) is 19.2 Å². The van der Waals surface area contributed by atoms with Gasteiger partial charge in [0, 0.05) is 17.6 Å². The lowest BCUT2D eigenvalue weighted by molar-refractivity contribution is -0.121. The minimum Gasteiger partial charge on any atom is -0.360 e. The number of nitrogens with one attached hydrogen (secondary N) is 3. The van der Waals surface area contributed by atoms with Gasteiger partial charge < -0.3 is 16.0 Å². The highest BCUT2D eigenvalue weighted by Crippen LogP contribution is 2.48. The average Bonchev–Trinajstić information content (AvgIpc) is 3.10. The number of aromatic nitrogens is 1. The number of carbonyl (C=O) groups is 1. The summed E-state index contributed by atoms with van der Waals surface area (Å²) >= 11 is 0. The number of nitrogens with zero attached hydrogens (tertiary/aromatic N) is 1. The molecule has 1 atom stereocenters. The molecular formula is C19H22N4O. The molecule has 0 bridgehead atoms. The third-order valence-electron chi connectivity index (χ3n) is 5.42. The Balaban J connectivity index is 1.72. The van der Waals surface area contributed by atoms with E-state index >= 15 is 0 Å². The summed E-state index contributed by atoms with van der Waals surface area (Å²) in [7, 11) is 0. The molecule has 1 unspecified atom stereocenters. The van der Waals surface area contributed by atoms with Gasteiger partial charge in [-0.1, -0.05) is 13.8 Å². The maximum Gasteiger partial charge on any atom is 0.235 e. The molecule has 4 rings (SSSR count). The van der Waals surface area contributed by atoms with E-state index in [2.05, 4.69) is 53.0 Å². The van der Waals surface area contributed by atoms with Crippen LogP contribution in [0.3, 0.4) is 0 Å². The van der Waals surface area contributed by atoms with Crippen LogP contribution in [0.15, 0.2) is 30.5 Å². The van der Waals surface area contributed by atoms with Gasteiger partial charge in [0.15, 0.2) is 0 Å². The Morgan fingerprint density at radius 3 is 2.46 bits per heavy atom. The number of carbonyl (C=O) groups excluding carboxylic acids is 1. The van der Waals surface area contributed by atoms with Crippen LogP contribution in [0.4, 0.5) is 17.1 Å². The fraction of sp³-hybridized carbons (Fsp3) is 0.368. The van der Waals surface area contributed by atoms with Crippen LogP contribution in [0.2, 0.25) is 0 Å². The number of hydrogen-bond acceptors (Lipinski definition) is 4. The number of aryl methyl sites for hydroxylation is 1. The highest BCUT2D eigenvalue weighted by atomic mass is 16.2. The Morgan fingerprint density at radius 2 is 1.79 bits per heavy atom. The van der Waals surface area contributed by atoms with Gasteiger partial charge in [-0.05, 0) is 55.2 Å². The minimum absolute atomic E-state index is 0.0255. The highest BCUT2D eigenvalue weighted by Gasteiger charge is 2.44. The van der Waals surface area contributed by atoms with Crippen molar-refractivity contribution >= 4 is 23.0 Å². The molecule has 24 heavy (non-hydrogen) atoms. The zero-order chi connectivity index (χ0) is 16.9. The first-order valence-electron chi connectivity index (χ1n) is 8.53. The van der Waals surface area contributed by atoms with E-state index in [4.69, 9.17) is 0 Å². The first-order valence-corrected chi connectivity index (χ1v) is 8.53. The predicted molar refractivity (Wildman–Crippen MR) is 96.3 cm³/mol. The van der Waals surface area contributed by atoms with Gasteiger partial charge in [-0.2, -0.15) is 0 Å². The summed E-state index contributed by atoms with van der Waals surface area (Å²) in [6.45, 7) is 6.16. The zero-order valence-electron chi connectivity index (χ0n) is 14.2. The molecule has 124 valence electrons. The zero-order valence-corrected chi connectivity index (χ0v) is 14.2.